The summed E-state index contributed by atoms with van der Waals surface area (Å²) in [6, 6.07) is 0. The summed E-state index contributed by atoms with van der Waals surface area (Å²) in [5.41, 5.74) is 4.32. The second-order valence-corrected chi connectivity index (χ2v) is 6.85. The van der Waals surface area contributed by atoms with E-state index in [0.29, 0.717) is 11.5 Å². The van der Waals surface area contributed by atoms with Gasteiger partial charge in [0, 0.05) is 27.4 Å². The van der Waals surface area contributed by atoms with Gasteiger partial charge in [0.25, 0.3) is 0 Å². The van der Waals surface area contributed by atoms with Gasteiger partial charge in [-0.2, -0.15) is 0 Å². The zero-order valence-corrected chi connectivity index (χ0v) is 14.9. The van der Waals surface area contributed by atoms with Gasteiger partial charge in [-0.25, -0.2) is 0 Å². The summed E-state index contributed by atoms with van der Waals surface area (Å²) in [6.45, 7) is 0.201. The second-order valence-electron chi connectivity index (χ2n) is 5.14. The lowest BCUT2D eigenvalue weighted by Crippen LogP contribution is -2.21. The van der Waals surface area contributed by atoms with Crippen LogP contribution in [-0.2, 0) is 9.47 Å². The second kappa shape index (κ2) is 7.22. The van der Waals surface area contributed by atoms with Crippen LogP contribution < -0.4 is 0 Å². The van der Waals surface area contributed by atoms with Gasteiger partial charge in [-0.1, -0.05) is 45.2 Å². The number of ether oxygens (including phenoxy) is 2. The Morgan fingerprint density at radius 2 is 2.18 bits per heavy atom. The summed E-state index contributed by atoms with van der Waals surface area (Å²) in [5, 5.41) is 2.41. The van der Waals surface area contributed by atoms with E-state index in [-0.39, 0.29) is 12.9 Å². The third-order valence-electron chi connectivity index (χ3n) is 3.63. The predicted octanol–water partition coefficient (Wildman–Crippen LogP) is 5.47. The molecule has 0 aromatic carbocycles. The molecule has 2 nitrogen and oxygen atoms in total. The molecule has 0 N–H and O–H groups in total. The summed E-state index contributed by atoms with van der Waals surface area (Å²) in [6.07, 6.45) is 13.2. The van der Waals surface area contributed by atoms with Crippen molar-refractivity contribution in [2.75, 3.05) is 12.1 Å². The first-order valence-electron chi connectivity index (χ1n) is 7.04. The number of rotatable bonds is 2. The minimum absolute atomic E-state index is 0.154. The molecule has 0 saturated heterocycles. The summed E-state index contributed by atoms with van der Waals surface area (Å²) in [7, 11) is 0. The fourth-order valence-corrected chi connectivity index (χ4v) is 3.43. The van der Waals surface area contributed by atoms with Crippen LogP contribution in [0.1, 0.15) is 12.8 Å². The van der Waals surface area contributed by atoms with E-state index in [1.165, 1.54) is 5.57 Å². The third kappa shape index (κ3) is 3.43. The molecule has 0 aromatic rings. The van der Waals surface area contributed by atoms with Crippen molar-refractivity contribution < 1.29 is 9.47 Å². The topological polar surface area (TPSA) is 18.5 Å². The molecule has 5 heteroatoms. The summed E-state index contributed by atoms with van der Waals surface area (Å²) >= 11 is 16.0. The van der Waals surface area contributed by atoms with E-state index < -0.39 is 0 Å². The summed E-state index contributed by atoms with van der Waals surface area (Å²) in [4.78, 5) is 0. The molecule has 0 amide bonds. The van der Waals surface area contributed by atoms with E-state index in [2.05, 4.69) is 22.0 Å². The molecule has 0 spiro atoms. The Kier molecular flexibility index (Phi) is 5.29. The van der Waals surface area contributed by atoms with E-state index >= 15 is 0 Å². The molecule has 1 heterocycles. The van der Waals surface area contributed by atoms with Crippen molar-refractivity contribution in [1.29, 1.82) is 0 Å². The Morgan fingerprint density at radius 1 is 1.32 bits per heavy atom. The van der Waals surface area contributed by atoms with Crippen molar-refractivity contribution in [2.45, 2.75) is 18.9 Å². The fourth-order valence-electron chi connectivity index (χ4n) is 2.75. The van der Waals surface area contributed by atoms with Gasteiger partial charge in [0.05, 0.1) is 6.26 Å². The Hall–Kier alpha value is -0.740. The van der Waals surface area contributed by atoms with Crippen LogP contribution in [0.15, 0.2) is 69.0 Å². The van der Waals surface area contributed by atoms with Crippen LogP contribution in [0.3, 0.4) is 0 Å². The molecule has 22 heavy (non-hydrogen) atoms. The SMILES string of the molecule is ClC1=C/C2=C3/C(=COCOC2C=C1)C=C(Cl)CC3=CCCBr. The minimum Gasteiger partial charge on any atom is -0.474 e. The highest BCUT2D eigenvalue weighted by atomic mass is 79.9. The van der Waals surface area contributed by atoms with E-state index in [1.807, 2.05) is 24.3 Å². The Balaban J connectivity index is 2.18. The van der Waals surface area contributed by atoms with Gasteiger partial charge in [0.1, 0.15) is 6.10 Å². The predicted molar refractivity (Wildman–Crippen MR) is 94.1 cm³/mol. The molecule has 1 atom stereocenters. The van der Waals surface area contributed by atoms with Crippen LogP contribution in [0.2, 0.25) is 0 Å². The quantitative estimate of drug-likeness (QED) is 0.571. The molecular formula is C17H15BrCl2O2. The molecular weight excluding hydrogens is 387 g/mol. The highest BCUT2D eigenvalue weighted by molar-refractivity contribution is 9.09. The fraction of sp³-hybridized carbons (Fsp3) is 0.294. The summed E-state index contributed by atoms with van der Waals surface area (Å²) in [5.74, 6) is 0. The third-order valence-corrected chi connectivity index (χ3v) is 4.56. The molecule has 0 radical (unpaired) electrons. The Morgan fingerprint density at radius 3 is 3.00 bits per heavy atom. The lowest BCUT2D eigenvalue weighted by Gasteiger charge is -2.29. The van der Waals surface area contributed by atoms with Crippen LogP contribution >= 0.6 is 39.1 Å². The molecule has 0 aromatic heterocycles. The first kappa shape index (κ1) is 16.1. The van der Waals surface area contributed by atoms with Crippen LogP contribution in [0.25, 0.3) is 0 Å². The molecule has 0 saturated carbocycles. The zero-order chi connectivity index (χ0) is 15.5. The molecule has 2 aliphatic carbocycles. The average molecular weight is 402 g/mol. The van der Waals surface area contributed by atoms with Crippen LogP contribution in [0.4, 0.5) is 0 Å². The lowest BCUT2D eigenvalue weighted by molar-refractivity contribution is -0.0279. The Bertz CT molecular complexity index is 654. The molecule has 1 unspecified atom stereocenters. The van der Waals surface area contributed by atoms with Crippen LogP contribution in [0, 0.1) is 0 Å². The molecule has 0 bridgehead atoms. The highest BCUT2D eigenvalue weighted by Crippen LogP contribution is 2.40. The smallest absolute Gasteiger partial charge is 0.189 e. The van der Waals surface area contributed by atoms with Gasteiger partial charge >= 0.3 is 0 Å². The van der Waals surface area contributed by atoms with E-state index in [4.69, 9.17) is 32.7 Å². The molecule has 1 aliphatic heterocycles. The maximum atomic E-state index is 6.31. The van der Waals surface area contributed by atoms with Crippen molar-refractivity contribution >= 4 is 39.1 Å². The van der Waals surface area contributed by atoms with E-state index in [0.717, 1.165) is 33.5 Å². The Labute approximate surface area is 148 Å². The average Bonchev–Trinajstić information content (AvgIpc) is 2.48. The van der Waals surface area contributed by atoms with Crippen LogP contribution in [-0.4, -0.2) is 18.2 Å². The number of allylic oxidation sites excluding steroid dienone is 8. The van der Waals surface area contributed by atoms with Crippen molar-refractivity contribution in [3.05, 3.63) is 69.0 Å². The monoisotopic (exact) mass is 400 g/mol. The normalized spacial score (nSPS) is 29.5. The standard InChI is InChI=1S/C17H15BrCl2O2/c18-5-1-2-11-6-14(20)7-12-9-21-10-22-16-4-3-13(19)8-15(16)17(11)12/h2-4,7-9,16H,1,5-6,10H2/b11-2?,12-9?,17-15-. The van der Waals surface area contributed by atoms with Gasteiger partial charge in [-0.15, -0.1) is 0 Å². The number of hydrogen-bond donors (Lipinski definition) is 0. The van der Waals surface area contributed by atoms with Crippen LogP contribution in [0.5, 0.6) is 0 Å². The van der Waals surface area contributed by atoms with Gasteiger partial charge in [-0.3, -0.25) is 0 Å². The van der Waals surface area contributed by atoms with Gasteiger partial charge in [0.2, 0.25) is 0 Å². The maximum Gasteiger partial charge on any atom is 0.189 e. The van der Waals surface area contributed by atoms with Crippen molar-refractivity contribution in [3.8, 4) is 0 Å². The summed E-state index contributed by atoms with van der Waals surface area (Å²) < 4.78 is 11.2. The zero-order valence-electron chi connectivity index (χ0n) is 11.8. The number of halogens is 3. The lowest BCUT2D eigenvalue weighted by atomic mass is 9.83. The van der Waals surface area contributed by atoms with Crippen molar-refractivity contribution in [3.63, 3.8) is 0 Å². The van der Waals surface area contributed by atoms with Crippen molar-refractivity contribution in [1.82, 2.24) is 0 Å². The van der Waals surface area contributed by atoms with Crippen molar-refractivity contribution in [2.24, 2.45) is 0 Å². The number of fused-ring (bicyclic) bond motifs is 2. The number of alkyl halides is 1. The van der Waals surface area contributed by atoms with E-state index in [9.17, 15) is 0 Å². The molecule has 3 aliphatic rings. The van der Waals surface area contributed by atoms with E-state index in [1.54, 1.807) is 6.26 Å². The maximum absolute atomic E-state index is 6.31. The molecule has 3 rings (SSSR count). The largest absolute Gasteiger partial charge is 0.474 e. The van der Waals surface area contributed by atoms with Gasteiger partial charge in [0.15, 0.2) is 6.79 Å². The minimum atomic E-state index is -0.154. The first-order chi connectivity index (χ1) is 10.7. The first-order valence-corrected chi connectivity index (χ1v) is 8.91. The molecule has 0 fully saturated rings. The van der Waals surface area contributed by atoms with Gasteiger partial charge in [-0.05, 0) is 47.4 Å². The van der Waals surface area contributed by atoms with Gasteiger partial charge < -0.3 is 9.47 Å². The highest BCUT2D eigenvalue weighted by Gasteiger charge is 2.27. The molecule has 116 valence electrons. The number of hydrogen-bond acceptors (Lipinski definition) is 2.